The Balaban J connectivity index is 1.41. The fourth-order valence-corrected chi connectivity index (χ4v) is 3.47. The van der Waals surface area contributed by atoms with E-state index in [0.29, 0.717) is 5.92 Å². The molecule has 3 heterocycles. The third-order valence-electron chi connectivity index (χ3n) is 3.74. The van der Waals surface area contributed by atoms with E-state index in [9.17, 15) is 0 Å². The van der Waals surface area contributed by atoms with Gasteiger partial charge in [0.05, 0.1) is 0 Å². The van der Waals surface area contributed by atoms with Crippen molar-refractivity contribution in [3.8, 4) is 0 Å². The van der Waals surface area contributed by atoms with E-state index < -0.39 is 0 Å². The van der Waals surface area contributed by atoms with Crippen molar-refractivity contribution < 1.29 is 0 Å². The summed E-state index contributed by atoms with van der Waals surface area (Å²) in [7, 11) is 0. The molecule has 0 bridgehead atoms. The zero-order valence-electron chi connectivity index (χ0n) is 11.1. The fraction of sp³-hybridized carbons (Fsp3) is 0.538. The molecule has 1 aliphatic carbocycles. The minimum Gasteiger partial charge on any atom is -0.343 e. The van der Waals surface area contributed by atoms with Crippen LogP contribution in [0, 0.1) is 0 Å². The van der Waals surface area contributed by atoms with Crippen molar-refractivity contribution >= 4 is 22.4 Å². The normalized spacial score (nSPS) is 19.4. The quantitative estimate of drug-likeness (QED) is 0.854. The largest absolute Gasteiger partial charge is 0.343 e. The molecule has 0 spiro atoms. The molecule has 1 aliphatic heterocycles. The van der Waals surface area contributed by atoms with Crippen molar-refractivity contribution in [2.24, 2.45) is 0 Å². The average molecular weight is 288 g/mol. The van der Waals surface area contributed by atoms with Gasteiger partial charge < -0.3 is 9.80 Å². The van der Waals surface area contributed by atoms with Crippen LogP contribution >= 0.6 is 11.3 Å². The topological polar surface area (TPSA) is 58.0 Å². The molecule has 2 aromatic rings. The number of rotatable bonds is 3. The van der Waals surface area contributed by atoms with Crippen LogP contribution in [-0.4, -0.2) is 46.3 Å². The molecular weight excluding hydrogens is 272 g/mol. The standard InChI is InChI=1S/C13H16N6S/c1-4-14-12(15-5-1)18-6-8-19(9-7-18)13-17-16-11(20-13)10-2-3-10/h1,4-5,10H,2-3,6-9H2. The molecule has 1 saturated heterocycles. The number of nitrogens with zero attached hydrogens (tertiary/aromatic N) is 6. The first kappa shape index (κ1) is 12.0. The van der Waals surface area contributed by atoms with Gasteiger partial charge in [-0.2, -0.15) is 0 Å². The van der Waals surface area contributed by atoms with E-state index >= 15 is 0 Å². The van der Waals surface area contributed by atoms with Crippen LogP contribution in [0.15, 0.2) is 18.5 Å². The van der Waals surface area contributed by atoms with Crippen molar-refractivity contribution in [3.05, 3.63) is 23.5 Å². The lowest BCUT2D eigenvalue weighted by Crippen LogP contribution is -2.47. The van der Waals surface area contributed by atoms with E-state index in [4.69, 9.17) is 0 Å². The predicted octanol–water partition coefficient (Wildman–Crippen LogP) is 1.53. The van der Waals surface area contributed by atoms with Crippen LogP contribution < -0.4 is 9.80 Å². The van der Waals surface area contributed by atoms with Gasteiger partial charge in [-0.3, -0.25) is 0 Å². The Morgan fingerprint density at radius 2 is 1.65 bits per heavy atom. The second-order valence-electron chi connectivity index (χ2n) is 5.22. The summed E-state index contributed by atoms with van der Waals surface area (Å²) < 4.78 is 0. The molecule has 4 rings (SSSR count). The molecule has 0 aromatic carbocycles. The Morgan fingerprint density at radius 1 is 0.950 bits per heavy atom. The van der Waals surface area contributed by atoms with Crippen molar-refractivity contribution in [2.75, 3.05) is 36.0 Å². The molecule has 0 amide bonds. The molecule has 0 unspecified atom stereocenters. The lowest BCUT2D eigenvalue weighted by atomic mass is 10.3. The van der Waals surface area contributed by atoms with Crippen molar-refractivity contribution in [2.45, 2.75) is 18.8 Å². The summed E-state index contributed by atoms with van der Waals surface area (Å²) in [4.78, 5) is 13.2. The predicted molar refractivity (Wildman–Crippen MR) is 78.3 cm³/mol. The van der Waals surface area contributed by atoms with Crippen LogP contribution in [-0.2, 0) is 0 Å². The summed E-state index contributed by atoms with van der Waals surface area (Å²) in [5, 5.41) is 10.9. The van der Waals surface area contributed by atoms with Gasteiger partial charge in [-0.05, 0) is 18.9 Å². The van der Waals surface area contributed by atoms with Crippen LogP contribution in [0.3, 0.4) is 0 Å². The zero-order valence-corrected chi connectivity index (χ0v) is 12.0. The number of aromatic nitrogens is 4. The van der Waals surface area contributed by atoms with Crippen LogP contribution in [0.5, 0.6) is 0 Å². The summed E-state index contributed by atoms with van der Waals surface area (Å²) in [6.45, 7) is 3.78. The maximum absolute atomic E-state index is 4.34. The summed E-state index contributed by atoms with van der Waals surface area (Å²) >= 11 is 1.76. The van der Waals surface area contributed by atoms with Gasteiger partial charge in [0.15, 0.2) is 0 Å². The Bertz CT molecular complexity index is 574. The molecular formula is C13H16N6S. The van der Waals surface area contributed by atoms with E-state index in [2.05, 4.69) is 30.0 Å². The van der Waals surface area contributed by atoms with Gasteiger partial charge in [0, 0.05) is 44.5 Å². The van der Waals surface area contributed by atoms with E-state index in [1.54, 1.807) is 23.7 Å². The van der Waals surface area contributed by atoms with Crippen molar-refractivity contribution in [3.63, 3.8) is 0 Å². The number of hydrogen-bond donors (Lipinski definition) is 0. The van der Waals surface area contributed by atoms with Gasteiger partial charge in [0.25, 0.3) is 0 Å². The van der Waals surface area contributed by atoms with Crippen molar-refractivity contribution in [1.82, 2.24) is 20.2 Å². The van der Waals surface area contributed by atoms with E-state index in [1.807, 2.05) is 6.07 Å². The monoisotopic (exact) mass is 288 g/mol. The van der Waals surface area contributed by atoms with Gasteiger partial charge in [0.2, 0.25) is 11.1 Å². The Hall–Kier alpha value is -1.76. The van der Waals surface area contributed by atoms with E-state index in [0.717, 1.165) is 37.3 Å². The van der Waals surface area contributed by atoms with Crippen LogP contribution in [0.4, 0.5) is 11.1 Å². The van der Waals surface area contributed by atoms with Gasteiger partial charge in [-0.25, -0.2) is 9.97 Å². The number of hydrogen-bond acceptors (Lipinski definition) is 7. The maximum Gasteiger partial charge on any atom is 0.225 e. The second kappa shape index (κ2) is 4.97. The van der Waals surface area contributed by atoms with E-state index in [-0.39, 0.29) is 0 Å². The molecule has 2 aliphatic rings. The first-order valence-corrected chi connectivity index (χ1v) is 7.82. The molecule has 1 saturated carbocycles. The minimum atomic E-state index is 0.695. The first-order chi connectivity index (χ1) is 9.90. The lowest BCUT2D eigenvalue weighted by Gasteiger charge is -2.34. The number of anilines is 2. The first-order valence-electron chi connectivity index (χ1n) is 7.00. The third-order valence-corrected chi connectivity index (χ3v) is 4.89. The number of piperazine rings is 1. The summed E-state index contributed by atoms with van der Waals surface area (Å²) in [5.41, 5.74) is 0. The highest BCUT2D eigenvalue weighted by molar-refractivity contribution is 7.15. The molecule has 0 radical (unpaired) electrons. The third kappa shape index (κ3) is 2.33. The SMILES string of the molecule is c1cnc(N2CCN(c3nnc(C4CC4)s3)CC2)nc1. The van der Waals surface area contributed by atoms with Gasteiger partial charge in [-0.1, -0.05) is 11.3 Å². The van der Waals surface area contributed by atoms with E-state index in [1.165, 1.54) is 17.8 Å². The van der Waals surface area contributed by atoms with Crippen LogP contribution in [0.25, 0.3) is 0 Å². The van der Waals surface area contributed by atoms with Crippen LogP contribution in [0.1, 0.15) is 23.8 Å². The highest BCUT2D eigenvalue weighted by Crippen LogP contribution is 2.42. The molecule has 20 heavy (non-hydrogen) atoms. The molecule has 2 aromatic heterocycles. The second-order valence-corrected chi connectivity index (χ2v) is 6.21. The van der Waals surface area contributed by atoms with Crippen molar-refractivity contribution in [1.29, 1.82) is 0 Å². The molecule has 6 nitrogen and oxygen atoms in total. The fourth-order valence-electron chi connectivity index (χ4n) is 2.40. The Labute approximate surface area is 121 Å². The highest BCUT2D eigenvalue weighted by atomic mass is 32.1. The van der Waals surface area contributed by atoms with Crippen LogP contribution in [0.2, 0.25) is 0 Å². The lowest BCUT2D eigenvalue weighted by molar-refractivity contribution is 0.636. The summed E-state index contributed by atoms with van der Waals surface area (Å²) in [6.07, 6.45) is 6.16. The average Bonchev–Trinajstić information content (AvgIpc) is 3.26. The van der Waals surface area contributed by atoms with Gasteiger partial charge in [0.1, 0.15) is 5.01 Å². The Morgan fingerprint density at radius 3 is 2.35 bits per heavy atom. The molecule has 7 heteroatoms. The summed E-state index contributed by atoms with van der Waals surface area (Å²) in [5.74, 6) is 1.52. The smallest absolute Gasteiger partial charge is 0.225 e. The van der Waals surface area contributed by atoms with Gasteiger partial charge >= 0.3 is 0 Å². The zero-order chi connectivity index (χ0) is 13.4. The molecule has 104 valence electrons. The maximum atomic E-state index is 4.34. The molecule has 0 atom stereocenters. The van der Waals surface area contributed by atoms with Gasteiger partial charge in [-0.15, -0.1) is 10.2 Å². The molecule has 0 N–H and O–H groups in total. The summed E-state index contributed by atoms with van der Waals surface area (Å²) in [6, 6.07) is 1.85. The minimum absolute atomic E-state index is 0.695. The highest BCUT2D eigenvalue weighted by Gasteiger charge is 2.29. The Kier molecular flexibility index (Phi) is 2.99. The molecule has 2 fully saturated rings.